The van der Waals surface area contributed by atoms with Crippen molar-refractivity contribution in [2.45, 2.75) is 37.6 Å². The number of carbonyl (C=O) groups is 2. The summed E-state index contributed by atoms with van der Waals surface area (Å²) in [4.78, 5) is 40.0. The number of rotatable bonds is 9. The second kappa shape index (κ2) is 15.2. The number of aliphatic hydroxyl groups is 1. The van der Waals surface area contributed by atoms with Crippen LogP contribution in [0.3, 0.4) is 0 Å². The van der Waals surface area contributed by atoms with E-state index < -0.39 is 65.3 Å². The van der Waals surface area contributed by atoms with Gasteiger partial charge in [0.2, 0.25) is 17.5 Å². The van der Waals surface area contributed by atoms with Crippen molar-refractivity contribution >= 4 is 35.1 Å². The van der Waals surface area contributed by atoms with E-state index in [1.54, 1.807) is 24.3 Å². The smallest absolute Gasteiger partial charge is 0.331 e. The zero-order chi connectivity index (χ0) is 37.8. The number of phenols is 5. The van der Waals surface area contributed by atoms with E-state index in [9.17, 15) is 45.0 Å². The van der Waals surface area contributed by atoms with E-state index >= 15 is 0 Å². The Kier molecular flexibility index (Phi) is 10.4. The zero-order valence-electron chi connectivity index (χ0n) is 27.7. The molecule has 1 aromatic heterocycles. The van der Waals surface area contributed by atoms with Crippen LogP contribution in [-0.2, 0) is 23.8 Å². The Morgan fingerprint density at radius 1 is 0.698 bits per heavy atom. The number of hydrogen-bond acceptors (Lipinski definition) is 14. The van der Waals surface area contributed by atoms with Gasteiger partial charge in [-0.1, -0.05) is 24.3 Å². The van der Waals surface area contributed by atoms with E-state index in [-0.39, 0.29) is 39.5 Å². The quantitative estimate of drug-likeness (QED) is 0.0894. The number of ether oxygens (including phenoxy) is 4. The summed E-state index contributed by atoms with van der Waals surface area (Å²) in [5.74, 6) is -3.72. The standard InChI is InChI=1S/C39H32O14/c1-20-35(51-30(45)16-6-21-2-10-24(40)11-3-21)38(52-31(46)17-7-22-4-12-25(41)13-5-22)34(48)39(49-20)53-37-33(47)32-28(44)18-27(43)19-29(32)50-36(37)23-8-14-26(42)15-9-23/h2-20,34-35,38-44,48H,1H3/b16-6+,17-7-/t20-,34+,35-,38-,39-/m0/s1. The highest BCUT2D eigenvalue weighted by Crippen LogP contribution is 2.38. The van der Waals surface area contributed by atoms with Crippen LogP contribution in [0.25, 0.3) is 34.4 Å². The number of esters is 2. The van der Waals surface area contributed by atoms with Gasteiger partial charge in [0.1, 0.15) is 39.7 Å². The van der Waals surface area contributed by atoms with Crippen molar-refractivity contribution in [1.29, 1.82) is 0 Å². The zero-order valence-corrected chi connectivity index (χ0v) is 27.7. The Hall–Kier alpha value is -6.77. The largest absolute Gasteiger partial charge is 0.508 e. The number of aromatic hydroxyl groups is 5. The van der Waals surface area contributed by atoms with Gasteiger partial charge in [-0.3, -0.25) is 4.79 Å². The SMILES string of the molecule is C[C@@H]1O[C@@H](Oc2c(-c3ccc(O)cc3)oc3cc(O)cc(O)c3c2=O)[C@H](O)[C@H](OC(=O)/C=C\c2ccc(O)cc2)[C@H]1OC(=O)/C=C/c1ccc(O)cc1. The Balaban J connectivity index is 1.34. The lowest BCUT2D eigenvalue weighted by molar-refractivity contribution is -0.275. The lowest BCUT2D eigenvalue weighted by Gasteiger charge is -2.41. The van der Waals surface area contributed by atoms with E-state index in [4.69, 9.17) is 23.4 Å². The van der Waals surface area contributed by atoms with Crippen molar-refractivity contribution in [3.05, 3.63) is 118 Å². The van der Waals surface area contributed by atoms with Gasteiger partial charge < -0.3 is 54.0 Å². The van der Waals surface area contributed by atoms with Crippen LogP contribution in [0, 0.1) is 0 Å². The fraction of sp³-hybridized carbons (Fsp3) is 0.154. The van der Waals surface area contributed by atoms with E-state index in [1.807, 2.05) is 0 Å². The first kappa shape index (κ1) is 36.0. The van der Waals surface area contributed by atoms with Gasteiger partial charge in [-0.15, -0.1) is 0 Å². The number of benzene rings is 4. The van der Waals surface area contributed by atoms with Crippen LogP contribution in [-0.4, -0.2) is 73.3 Å². The molecule has 0 spiro atoms. The van der Waals surface area contributed by atoms with Gasteiger partial charge in [0.05, 0.1) is 6.10 Å². The molecule has 272 valence electrons. The van der Waals surface area contributed by atoms with Gasteiger partial charge in [0.15, 0.2) is 24.1 Å². The van der Waals surface area contributed by atoms with E-state index in [1.165, 1.54) is 67.6 Å². The monoisotopic (exact) mass is 724 g/mol. The summed E-state index contributed by atoms with van der Waals surface area (Å²) < 4.78 is 29.0. The third kappa shape index (κ3) is 8.25. The lowest BCUT2D eigenvalue weighted by Crippen LogP contribution is -2.61. The van der Waals surface area contributed by atoms with Gasteiger partial charge in [-0.25, -0.2) is 9.59 Å². The summed E-state index contributed by atoms with van der Waals surface area (Å²) in [6.45, 7) is 1.45. The normalized spacial score (nSPS) is 20.1. The maximum absolute atomic E-state index is 13.9. The second-order valence-electron chi connectivity index (χ2n) is 11.9. The van der Waals surface area contributed by atoms with Gasteiger partial charge in [-0.2, -0.15) is 0 Å². The molecule has 6 N–H and O–H groups in total. The fourth-order valence-electron chi connectivity index (χ4n) is 5.52. The van der Waals surface area contributed by atoms with Gasteiger partial charge in [0.25, 0.3) is 0 Å². The van der Waals surface area contributed by atoms with Crippen LogP contribution in [0.15, 0.2) is 106 Å². The first-order valence-electron chi connectivity index (χ1n) is 16.0. The van der Waals surface area contributed by atoms with Gasteiger partial charge >= 0.3 is 11.9 Å². The van der Waals surface area contributed by atoms with Crippen molar-refractivity contribution < 1.29 is 63.6 Å². The summed E-state index contributed by atoms with van der Waals surface area (Å²) in [7, 11) is 0. The minimum Gasteiger partial charge on any atom is -0.508 e. The first-order valence-corrected chi connectivity index (χ1v) is 16.0. The Morgan fingerprint density at radius 3 is 1.75 bits per heavy atom. The van der Waals surface area contributed by atoms with Crippen molar-refractivity contribution in [1.82, 2.24) is 0 Å². The third-order valence-electron chi connectivity index (χ3n) is 8.15. The van der Waals surface area contributed by atoms with Crippen molar-refractivity contribution in [2.75, 3.05) is 0 Å². The molecule has 1 fully saturated rings. The number of aliphatic hydroxyl groups excluding tert-OH is 1. The summed E-state index contributed by atoms with van der Waals surface area (Å²) in [5.41, 5.74) is 0.177. The molecule has 0 bridgehead atoms. The van der Waals surface area contributed by atoms with Crippen LogP contribution in [0.1, 0.15) is 18.1 Å². The maximum atomic E-state index is 13.9. The molecule has 2 heterocycles. The van der Waals surface area contributed by atoms with Gasteiger partial charge in [-0.05, 0) is 78.7 Å². The molecule has 0 saturated carbocycles. The molecule has 0 aliphatic carbocycles. The lowest BCUT2D eigenvalue weighted by atomic mass is 9.99. The first-order chi connectivity index (χ1) is 25.4. The molecule has 1 saturated heterocycles. The molecule has 5 aromatic rings. The molecule has 0 radical (unpaired) electrons. The summed E-state index contributed by atoms with van der Waals surface area (Å²) in [6, 6.07) is 19.3. The van der Waals surface area contributed by atoms with Crippen molar-refractivity contribution in [3.8, 4) is 45.8 Å². The highest BCUT2D eigenvalue weighted by atomic mass is 16.7. The molecular formula is C39H32O14. The highest BCUT2D eigenvalue weighted by Gasteiger charge is 2.49. The summed E-state index contributed by atoms with van der Waals surface area (Å²) in [5, 5.41) is 60.8. The van der Waals surface area contributed by atoms with Crippen LogP contribution >= 0.6 is 0 Å². The minimum absolute atomic E-state index is 0.0154. The second-order valence-corrected chi connectivity index (χ2v) is 11.9. The average molecular weight is 725 g/mol. The van der Waals surface area contributed by atoms with E-state index in [0.717, 1.165) is 24.3 Å². The molecule has 0 unspecified atom stereocenters. The van der Waals surface area contributed by atoms with Crippen LogP contribution in [0.4, 0.5) is 0 Å². The predicted octanol–water partition coefficient (Wildman–Crippen LogP) is 4.72. The fourth-order valence-corrected chi connectivity index (χ4v) is 5.52. The van der Waals surface area contributed by atoms with Gasteiger partial charge in [0, 0.05) is 29.8 Å². The van der Waals surface area contributed by atoms with Crippen LogP contribution < -0.4 is 10.2 Å². The average Bonchev–Trinajstić information content (AvgIpc) is 3.12. The molecule has 14 nitrogen and oxygen atoms in total. The molecule has 14 heteroatoms. The molecule has 4 aromatic carbocycles. The Labute approximate surface area is 300 Å². The molecule has 1 aliphatic heterocycles. The van der Waals surface area contributed by atoms with Crippen LogP contribution in [0.2, 0.25) is 0 Å². The molecular weight excluding hydrogens is 692 g/mol. The molecule has 6 rings (SSSR count). The molecule has 0 amide bonds. The Morgan fingerprint density at radius 2 is 1.21 bits per heavy atom. The molecule has 5 atom stereocenters. The summed E-state index contributed by atoms with van der Waals surface area (Å²) >= 11 is 0. The van der Waals surface area contributed by atoms with Crippen LogP contribution in [0.5, 0.6) is 34.5 Å². The Bertz CT molecular complexity index is 2240. The third-order valence-corrected chi connectivity index (χ3v) is 8.15. The molecule has 53 heavy (non-hydrogen) atoms. The summed E-state index contributed by atoms with van der Waals surface area (Å²) in [6.07, 6.45) is -2.91. The van der Waals surface area contributed by atoms with Crippen molar-refractivity contribution in [2.24, 2.45) is 0 Å². The maximum Gasteiger partial charge on any atom is 0.331 e. The highest BCUT2D eigenvalue weighted by molar-refractivity contribution is 5.89. The number of carbonyl (C=O) groups excluding carboxylic acids is 2. The topological polar surface area (TPSA) is 223 Å². The molecule has 1 aliphatic rings. The number of hydrogen-bond donors (Lipinski definition) is 6. The number of phenolic OH excluding ortho intramolecular Hbond substituents is 5. The van der Waals surface area contributed by atoms with Crippen molar-refractivity contribution in [3.63, 3.8) is 0 Å². The van der Waals surface area contributed by atoms with E-state index in [0.29, 0.717) is 11.1 Å². The minimum atomic E-state index is -1.91. The van der Waals surface area contributed by atoms with E-state index in [2.05, 4.69) is 0 Å². The number of fused-ring (bicyclic) bond motifs is 1. The predicted molar refractivity (Wildman–Crippen MR) is 188 cm³/mol.